The van der Waals surface area contributed by atoms with E-state index in [1.807, 2.05) is 36.4 Å². The molecule has 0 aromatic heterocycles. The van der Waals surface area contributed by atoms with Crippen LogP contribution in [-0.2, 0) is 9.53 Å². The Balaban J connectivity index is 0.000000313. The first-order valence-corrected chi connectivity index (χ1v) is 12.2. The van der Waals surface area contributed by atoms with E-state index in [4.69, 9.17) is 27.9 Å². The minimum Gasteiger partial charge on any atom is -0.360 e. The van der Waals surface area contributed by atoms with E-state index in [0.29, 0.717) is 17.2 Å². The summed E-state index contributed by atoms with van der Waals surface area (Å²) >= 11 is 11.5. The summed E-state index contributed by atoms with van der Waals surface area (Å²) in [4.78, 5) is 13.8. The first kappa shape index (κ1) is 21.8. The molecule has 0 unspecified atom stereocenters. The van der Waals surface area contributed by atoms with Crippen molar-refractivity contribution in [1.29, 1.82) is 0 Å². The van der Waals surface area contributed by atoms with E-state index < -0.39 is 10.0 Å². The zero-order valence-electron chi connectivity index (χ0n) is 15.9. The van der Waals surface area contributed by atoms with Crippen LogP contribution in [0.3, 0.4) is 0 Å². The number of fused-ring (bicyclic) bond motifs is 1. The standard InChI is InChI=1S/C15H20ClNO2S.C6H5Cl/c1-11-13-6-5-12(16)9-14(13)17(15(11)18)10-19-7-8-20(2,3)4;7-6-4-2-1-3-5-6/h5-6,9H,1,7-8,10H2,2-4H3;1-5H. The van der Waals surface area contributed by atoms with Crippen molar-refractivity contribution in [1.82, 2.24) is 0 Å². The Morgan fingerprint density at radius 3 is 2.26 bits per heavy atom. The molecule has 0 N–H and O–H groups in total. The van der Waals surface area contributed by atoms with Gasteiger partial charge in [0.25, 0.3) is 5.91 Å². The second kappa shape index (κ2) is 9.65. The van der Waals surface area contributed by atoms with Gasteiger partial charge in [0.05, 0.1) is 12.3 Å². The van der Waals surface area contributed by atoms with E-state index >= 15 is 0 Å². The van der Waals surface area contributed by atoms with Gasteiger partial charge < -0.3 is 4.74 Å². The summed E-state index contributed by atoms with van der Waals surface area (Å²) in [5.41, 5.74) is 2.13. The second-order valence-corrected chi connectivity index (χ2v) is 12.5. The number of ether oxygens (including phenoxy) is 1. The highest BCUT2D eigenvalue weighted by Crippen LogP contribution is 2.37. The first-order chi connectivity index (χ1) is 12.7. The molecule has 146 valence electrons. The number of nitrogens with zero attached hydrogens (tertiary/aromatic N) is 1. The van der Waals surface area contributed by atoms with Gasteiger partial charge in [-0.25, -0.2) is 10.0 Å². The lowest BCUT2D eigenvalue weighted by atomic mass is 10.1. The van der Waals surface area contributed by atoms with Gasteiger partial charge in [0.15, 0.2) is 0 Å². The summed E-state index contributed by atoms with van der Waals surface area (Å²) in [6, 6.07) is 14.8. The van der Waals surface area contributed by atoms with E-state index in [1.54, 1.807) is 17.0 Å². The third-order valence-electron chi connectivity index (χ3n) is 3.87. The molecule has 0 fully saturated rings. The monoisotopic (exact) mass is 425 g/mol. The van der Waals surface area contributed by atoms with Gasteiger partial charge in [0.1, 0.15) is 6.73 Å². The van der Waals surface area contributed by atoms with Crippen LogP contribution in [0.4, 0.5) is 5.69 Å². The van der Waals surface area contributed by atoms with Gasteiger partial charge >= 0.3 is 0 Å². The maximum atomic E-state index is 12.2. The molecule has 1 aliphatic rings. The average molecular weight is 426 g/mol. The molecule has 0 saturated carbocycles. The topological polar surface area (TPSA) is 29.5 Å². The summed E-state index contributed by atoms with van der Waals surface area (Å²) < 4.78 is 5.65. The van der Waals surface area contributed by atoms with E-state index in [-0.39, 0.29) is 12.6 Å². The quantitative estimate of drug-likeness (QED) is 0.453. The molecule has 6 heteroatoms. The number of amides is 1. The van der Waals surface area contributed by atoms with E-state index in [1.165, 1.54) is 0 Å². The van der Waals surface area contributed by atoms with Crippen molar-refractivity contribution in [2.45, 2.75) is 0 Å². The predicted molar refractivity (Wildman–Crippen MR) is 120 cm³/mol. The summed E-state index contributed by atoms with van der Waals surface area (Å²) in [6.07, 6.45) is 6.73. The van der Waals surface area contributed by atoms with Crippen molar-refractivity contribution in [3.63, 3.8) is 0 Å². The Bertz CT molecular complexity index is 804. The molecule has 0 atom stereocenters. The molecule has 0 aliphatic carbocycles. The normalized spacial score (nSPS) is 13.9. The van der Waals surface area contributed by atoms with Crippen LogP contribution < -0.4 is 4.90 Å². The molecule has 2 aromatic carbocycles. The molecule has 0 bridgehead atoms. The molecular weight excluding hydrogens is 401 g/mol. The Labute approximate surface area is 173 Å². The van der Waals surface area contributed by atoms with Crippen LogP contribution in [0, 0.1) is 0 Å². The summed E-state index contributed by atoms with van der Waals surface area (Å²) in [5, 5.41) is 1.40. The number of hydrogen-bond donors (Lipinski definition) is 0. The first-order valence-electron chi connectivity index (χ1n) is 8.44. The molecule has 1 heterocycles. The van der Waals surface area contributed by atoms with Crippen LogP contribution >= 0.6 is 33.2 Å². The van der Waals surface area contributed by atoms with Gasteiger partial charge in [-0.15, -0.1) is 0 Å². The van der Waals surface area contributed by atoms with Crippen LogP contribution in [-0.4, -0.2) is 43.8 Å². The van der Waals surface area contributed by atoms with Gasteiger partial charge in [0, 0.05) is 26.9 Å². The Morgan fingerprint density at radius 1 is 1.04 bits per heavy atom. The Kier molecular flexibility index (Phi) is 7.80. The number of benzene rings is 2. The molecule has 3 nitrogen and oxygen atoms in total. The van der Waals surface area contributed by atoms with Crippen LogP contribution in [0.25, 0.3) is 5.57 Å². The van der Waals surface area contributed by atoms with Gasteiger partial charge in [-0.05, 0) is 43.0 Å². The third-order valence-corrected chi connectivity index (χ3v) is 5.75. The van der Waals surface area contributed by atoms with E-state index in [2.05, 4.69) is 25.3 Å². The summed E-state index contributed by atoms with van der Waals surface area (Å²) in [6.45, 7) is 4.75. The lowest BCUT2D eigenvalue weighted by molar-refractivity contribution is -0.114. The van der Waals surface area contributed by atoms with Crippen LogP contribution in [0.5, 0.6) is 0 Å². The van der Waals surface area contributed by atoms with E-state index in [0.717, 1.165) is 22.0 Å². The van der Waals surface area contributed by atoms with Crippen molar-refractivity contribution in [2.75, 3.05) is 42.8 Å². The lowest BCUT2D eigenvalue weighted by Crippen LogP contribution is -2.29. The minimum absolute atomic E-state index is 0.106. The van der Waals surface area contributed by atoms with Gasteiger partial charge in [0.2, 0.25) is 0 Å². The second-order valence-electron chi connectivity index (χ2n) is 7.00. The highest BCUT2D eigenvalue weighted by Gasteiger charge is 2.31. The molecule has 0 spiro atoms. The summed E-state index contributed by atoms with van der Waals surface area (Å²) in [7, 11) is -0.579. The molecule has 1 amide bonds. The Hall–Kier alpha value is -1.46. The van der Waals surface area contributed by atoms with Gasteiger partial charge in [-0.2, -0.15) is 0 Å². The largest absolute Gasteiger partial charge is 0.360 e. The van der Waals surface area contributed by atoms with Crippen molar-refractivity contribution >= 4 is 50.4 Å². The maximum absolute atomic E-state index is 12.2. The van der Waals surface area contributed by atoms with Crippen molar-refractivity contribution in [3.05, 3.63) is 70.7 Å². The number of carbonyl (C=O) groups is 1. The maximum Gasteiger partial charge on any atom is 0.260 e. The lowest BCUT2D eigenvalue weighted by Gasteiger charge is -2.25. The molecule has 1 aliphatic heterocycles. The van der Waals surface area contributed by atoms with Gasteiger partial charge in [-0.3, -0.25) is 9.69 Å². The molecular formula is C21H25Cl2NO2S. The molecule has 0 saturated heterocycles. The molecule has 3 rings (SSSR count). The molecule has 27 heavy (non-hydrogen) atoms. The average Bonchev–Trinajstić information content (AvgIpc) is 2.83. The van der Waals surface area contributed by atoms with Crippen LogP contribution in [0.1, 0.15) is 5.56 Å². The number of halogens is 2. The zero-order valence-corrected chi connectivity index (χ0v) is 18.2. The number of rotatable bonds is 5. The van der Waals surface area contributed by atoms with Crippen molar-refractivity contribution in [3.8, 4) is 0 Å². The van der Waals surface area contributed by atoms with Crippen LogP contribution in [0.2, 0.25) is 10.0 Å². The summed E-state index contributed by atoms with van der Waals surface area (Å²) in [5.74, 6) is 0.920. The minimum atomic E-state index is -0.579. The number of carbonyl (C=O) groups excluding carboxylic acids is 1. The molecule has 0 radical (unpaired) electrons. The van der Waals surface area contributed by atoms with Crippen LogP contribution in [0.15, 0.2) is 55.1 Å². The fourth-order valence-corrected chi connectivity index (χ4v) is 3.31. The highest BCUT2D eigenvalue weighted by atomic mass is 35.5. The highest BCUT2D eigenvalue weighted by molar-refractivity contribution is 8.32. The number of anilines is 1. The van der Waals surface area contributed by atoms with Crippen molar-refractivity contribution in [2.24, 2.45) is 0 Å². The molecule has 2 aromatic rings. The zero-order chi connectivity index (χ0) is 20.0. The smallest absolute Gasteiger partial charge is 0.260 e. The van der Waals surface area contributed by atoms with E-state index in [9.17, 15) is 4.79 Å². The fourth-order valence-electron chi connectivity index (χ4n) is 2.38. The Morgan fingerprint density at radius 2 is 1.70 bits per heavy atom. The number of hydrogen-bond acceptors (Lipinski definition) is 2. The van der Waals surface area contributed by atoms with Gasteiger partial charge in [-0.1, -0.05) is 54.0 Å². The predicted octanol–water partition coefficient (Wildman–Crippen LogP) is 5.71. The third kappa shape index (κ3) is 6.58. The fraction of sp³-hybridized carbons (Fsp3) is 0.286. The SMILES string of the molecule is C=C1C(=O)N(COCCS(C)(C)C)c2cc(Cl)ccc21.Clc1ccccc1. The van der Waals surface area contributed by atoms with Crippen molar-refractivity contribution < 1.29 is 9.53 Å².